The zero-order chi connectivity index (χ0) is 18.0. The Hall–Kier alpha value is -2.16. The van der Waals surface area contributed by atoms with E-state index in [1.54, 1.807) is 4.90 Å². The highest BCUT2D eigenvalue weighted by Gasteiger charge is 2.25. The molecule has 1 aromatic carbocycles. The van der Waals surface area contributed by atoms with Crippen molar-refractivity contribution < 1.29 is 13.3 Å². The first-order valence-corrected chi connectivity index (χ1v) is 8.86. The van der Waals surface area contributed by atoms with Crippen molar-refractivity contribution in [2.24, 2.45) is 10.1 Å². The van der Waals surface area contributed by atoms with Gasteiger partial charge in [0.15, 0.2) is 4.90 Å². The van der Waals surface area contributed by atoms with Crippen LogP contribution in [0.25, 0.3) is 0 Å². The molecule has 0 saturated heterocycles. The van der Waals surface area contributed by atoms with Gasteiger partial charge in [0.2, 0.25) is 5.96 Å². The molecule has 0 atom stereocenters. The van der Waals surface area contributed by atoms with Crippen molar-refractivity contribution in [3.05, 3.63) is 34.4 Å². The molecule has 9 heteroatoms. The number of guanidine groups is 1. The second-order valence-electron chi connectivity index (χ2n) is 4.23. The first-order valence-electron chi connectivity index (χ1n) is 7.42. The lowest BCUT2D eigenvalue weighted by molar-refractivity contribution is -0.387. The third-order valence-electron chi connectivity index (χ3n) is 2.75. The van der Waals surface area contributed by atoms with Crippen LogP contribution in [0.1, 0.15) is 34.1 Å². The maximum Gasteiger partial charge on any atom is 0.292 e. The Morgan fingerprint density at radius 1 is 1.30 bits per heavy atom. The van der Waals surface area contributed by atoms with Crippen LogP contribution in [0.15, 0.2) is 33.6 Å². The molecule has 0 amide bonds. The number of benzene rings is 1. The highest BCUT2D eigenvalue weighted by molar-refractivity contribution is 7.90. The number of nitrogens with zero attached hydrogens (tertiary/aromatic N) is 3. The number of rotatable bonds is 6. The predicted molar refractivity (Wildman–Crippen MR) is 90.8 cm³/mol. The van der Waals surface area contributed by atoms with Crippen molar-refractivity contribution in [2.75, 3.05) is 13.1 Å². The van der Waals surface area contributed by atoms with Crippen LogP contribution in [0.5, 0.6) is 0 Å². The van der Waals surface area contributed by atoms with E-state index in [0.717, 1.165) is 18.6 Å². The lowest BCUT2D eigenvalue weighted by Crippen LogP contribution is -2.38. The van der Waals surface area contributed by atoms with E-state index in [1.807, 2.05) is 27.7 Å². The quantitative estimate of drug-likeness (QED) is 0.366. The monoisotopic (exact) mass is 344 g/mol. The molecule has 0 aliphatic rings. The summed E-state index contributed by atoms with van der Waals surface area (Å²) in [6.07, 6.45) is 0.773. The smallest absolute Gasteiger partial charge is 0.292 e. The third-order valence-corrected chi connectivity index (χ3v) is 4.08. The summed E-state index contributed by atoms with van der Waals surface area (Å²) in [7, 11) is -4.23. The van der Waals surface area contributed by atoms with Crippen molar-refractivity contribution in [3.8, 4) is 0 Å². The van der Waals surface area contributed by atoms with Crippen LogP contribution in [0.4, 0.5) is 5.69 Å². The number of para-hydroxylation sites is 1. The second kappa shape index (κ2) is 9.78. The average Bonchev–Trinajstić information content (AvgIpc) is 2.53. The fourth-order valence-corrected chi connectivity index (χ4v) is 2.88. The molecule has 0 unspecified atom stereocenters. The fraction of sp³-hybridized carbons (Fsp3) is 0.500. The maximum absolute atomic E-state index is 12.2. The molecule has 0 aliphatic heterocycles. The van der Waals surface area contributed by atoms with Gasteiger partial charge in [-0.15, -0.1) is 4.40 Å². The highest BCUT2D eigenvalue weighted by atomic mass is 32.2. The first-order chi connectivity index (χ1) is 10.8. The number of sulfonamides is 1. The minimum Gasteiger partial charge on any atom is -0.369 e. The van der Waals surface area contributed by atoms with Crippen LogP contribution >= 0.6 is 0 Å². The van der Waals surface area contributed by atoms with Gasteiger partial charge < -0.3 is 10.6 Å². The van der Waals surface area contributed by atoms with Crippen LogP contribution in [-0.2, 0) is 10.0 Å². The van der Waals surface area contributed by atoms with Crippen molar-refractivity contribution in [2.45, 2.75) is 39.0 Å². The van der Waals surface area contributed by atoms with Gasteiger partial charge in [-0.3, -0.25) is 10.1 Å². The summed E-state index contributed by atoms with van der Waals surface area (Å²) in [5.41, 5.74) is 5.17. The van der Waals surface area contributed by atoms with Gasteiger partial charge in [0.05, 0.1) is 4.92 Å². The molecule has 0 aliphatic carbocycles. The summed E-state index contributed by atoms with van der Waals surface area (Å²) >= 11 is 0. The minimum absolute atomic E-state index is 0.169. The summed E-state index contributed by atoms with van der Waals surface area (Å²) in [5.74, 6) is -0.169. The topological polar surface area (TPSA) is 119 Å². The van der Waals surface area contributed by atoms with Crippen LogP contribution in [0.2, 0.25) is 0 Å². The molecule has 0 bridgehead atoms. The van der Waals surface area contributed by atoms with Gasteiger partial charge >= 0.3 is 0 Å². The highest BCUT2D eigenvalue weighted by Crippen LogP contribution is 2.24. The van der Waals surface area contributed by atoms with Gasteiger partial charge in [0.1, 0.15) is 0 Å². The molecule has 0 spiro atoms. The zero-order valence-corrected chi connectivity index (χ0v) is 14.7. The number of nitro groups is 1. The summed E-state index contributed by atoms with van der Waals surface area (Å²) in [6.45, 7) is 8.79. The average molecular weight is 344 g/mol. The van der Waals surface area contributed by atoms with E-state index in [-0.39, 0.29) is 5.96 Å². The lowest BCUT2D eigenvalue weighted by atomic mass is 10.3. The maximum atomic E-state index is 12.2. The Bertz CT molecular complexity index is 644. The van der Waals surface area contributed by atoms with Gasteiger partial charge in [-0.1, -0.05) is 32.9 Å². The number of nitro benzene ring substituents is 1. The minimum atomic E-state index is -4.23. The molecule has 0 heterocycles. The molecule has 1 aromatic rings. The Kier molecular flexibility index (Phi) is 8.86. The Morgan fingerprint density at radius 3 is 2.35 bits per heavy atom. The molecule has 23 heavy (non-hydrogen) atoms. The molecular formula is C14H24N4O4S. The second-order valence-corrected chi connectivity index (χ2v) is 5.80. The van der Waals surface area contributed by atoms with Crippen LogP contribution in [0.3, 0.4) is 0 Å². The number of hydrogen-bond donors (Lipinski definition) is 1. The van der Waals surface area contributed by atoms with Crippen LogP contribution < -0.4 is 5.73 Å². The summed E-state index contributed by atoms with van der Waals surface area (Å²) in [4.78, 5) is 11.3. The van der Waals surface area contributed by atoms with E-state index in [4.69, 9.17) is 5.73 Å². The van der Waals surface area contributed by atoms with Crippen molar-refractivity contribution >= 4 is 21.7 Å². The Balaban J connectivity index is 0.00000232. The molecule has 0 saturated carbocycles. The largest absolute Gasteiger partial charge is 0.369 e. The van der Waals surface area contributed by atoms with Gasteiger partial charge in [0, 0.05) is 19.2 Å². The van der Waals surface area contributed by atoms with E-state index in [0.29, 0.717) is 13.1 Å². The van der Waals surface area contributed by atoms with Gasteiger partial charge in [0.25, 0.3) is 15.7 Å². The van der Waals surface area contributed by atoms with E-state index in [2.05, 4.69) is 4.40 Å². The van der Waals surface area contributed by atoms with E-state index in [1.165, 1.54) is 12.1 Å². The summed E-state index contributed by atoms with van der Waals surface area (Å²) in [5, 5.41) is 10.9. The molecule has 1 rings (SSSR count). The van der Waals surface area contributed by atoms with Gasteiger partial charge in [-0.05, 0) is 19.4 Å². The molecule has 0 fully saturated rings. The molecule has 0 radical (unpaired) electrons. The van der Waals surface area contributed by atoms with Gasteiger partial charge in [-0.25, -0.2) is 0 Å². The zero-order valence-electron chi connectivity index (χ0n) is 13.9. The normalized spacial score (nSPS) is 11.4. The summed E-state index contributed by atoms with van der Waals surface area (Å²) < 4.78 is 27.9. The van der Waals surface area contributed by atoms with Crippen molar-refractivity contribution in [1.82, 2.24) is 4.90 Å². The van der Waals surface area contributed by atoms with E-state index < -0.39 is 25.5 Å². The van der Waals surface area contributed by atoms with Crippen molar-refractivity contribution in [3.63, 3.8) is 0 Å². The third kappa shape index (κ3) is 5.85. The Labute approximate surface area is 137 Å². The molecular weight excluding hydrogens is 320 g/mol. The van der Waals surface area contributed by atoms with Crippen LogP contribution in [0, 0.1) is 10.1 Å². The molecule has 130 valence electrons. The van der Waals surface area contributed by atoms with Crippen LogP contribution in [-0.4, -0.2) is 37.3 Å². The van der Waals surface area contributed by atoms with E-state index in [9.17, 15) is 18.5 Å². The standard InChI is InChI=1S/C12H18N4O4S.C2H6/c1-3-9-15(4-2)12(13)14-21(19,20)11-8-6-5-7-10(11)16(17)18;1-2/h5-8H,3-4,9H2,1-2H3,(H2,13,14);1-2H3. The SMILES string of the molecule is CC.CCCN(CC)/C(N)=N/S(=O)(=O)c1ccccc1[N+](=O)[O-]. The Morgan fingerprint density at radius 2 is 1.87 bits per heavy atom. The molecule has 8 nitrogen and oxygen atoms in total. The van der Waals surface area contributed by atoms with Crippen molar-refractivity contribution in [1.29, 1.82) is 0 Å². The summed E-state index contributed by atoms with van der Waals surface area (Å²) in [6, 6.07) is 5.04. The lowest BCUT2D eigenvalue weighted by Gasteiger charge is -2.20. The first kappa shape index (κ1) is 20.8. The predicted octanol–water partition coefficient (Wildman–Crippen LogP) is 2.36. The van der Waals surface area contributed by atoms with E-state index >= 15 is 0 Å². The number of nitrogens with two attached hydrogens (primary N) is 1. The molecule has 2 N–H and O–H groups in total. The molecule has 0 aromatic heterocycles. The van der Waals surface area contributed by atoms with Gasteiger partial charge in [-0.2, -0.15) is 8.42 Å². The number of hydrogen-bond acceptors (Lipinski definition) is 4. The fourth-order valence-electron chi connectivity index (χ4n) is 1.76.